The molecule has 0 atom stereocenters. The fraction of sp³-hybridized carbons (Fsp3) is 0.381. The van der Waals surface area contributed by atoms with Crippen LogP contribution >= 0.6 is 0 Å². The van der Waals surface area contributed by atoms with Gasteiger partial charge in [0.1, 0.15) is 11.5 Å². The number of nitrogens with one attached hydrogen (secondary N) is 2. The number of nitrogens with zero attached hydrogens (tertiary/aromatic N) is 1. The summed E-state index contributed by atoms with van der Waals surface area (Å²) in [5.74, 6) is 2.13. The molecule has 0 aliphatic carbocycles. The summed E-state index contributed by atoms with van der Waals surface area (Å²) in [4.78, 5) is 4.95. The Morgan fingerprint density at radius 2 is 1.83 bits per heavy atom. The van der Waals surface area contributed by atoms with Gasteiger partial charge >= 0.3 is 0 Å². The minimum Gasteiger partial charge on any atom is -0.497 e. The minimum absolute atomic E-state index is 0.349. The van der Waals surface area contributed by atoms with Crippen LogP contribution in [0.25, 0.3) is 0 Å². The average molecular weight is 420 g/mol. The number of guanidine groups is 1. The molecule has 2 aromatic rings. The third kappa shape index (κ3) is 6.39. The molecule has 2 N–H and O–H groups in total. The molecule has 0 fully saturated rings. The Balaban J connectivity index is 2.12. The predicted molar refractivity (Wildman–Crippen MR) is 115 cm³/mol. The number of aliphatic imine (C=N–C) groups is 1. The van der Waals surface area contributed by atoms with Crippen LogP contribution in [0.1, 0.15) is 23.6 Å². The summed E-state index contributed by atoms with van der Waals surface area (Å²) in [5, 5.41) is 6.50. The Labute approximate surface area is 173 Å². The number of ether oxygens (including phenoxy) is 2. The van der Waals surface area contributed by atoms with Gasteiger partial charge in [0.25, 0.3) is 0 Å². The Bertz CT molecular complexity index is 972. The van der Waals surface area contributed by atoms with Crippen LogP contribution in [-0.4, -0.2) is 41.4 Å². The van der Waals surface area contributed by atoms with Gasteiger partial charge in [0.15, 0.2) is 15.8 Å². The highest BCUT2D eigenvalue weighted by molar-refractivity contribution is 7.90. The smallest absolute Gasteiger partial charge is 0.191 e. The molecule has 0 saturated heterocycles. The maximum Gasteiger partial charge on any atom is 0.191 e. The lowest BCUT2D eigenvalue weighted by Crippen LogP contribution is -2.36. The molecule has 0 spiro atoms. The van der Waals surface area contributed by atoms with E-state index in [4.69, 9.17) is 9.47 Å². The quantitative estimate of drug-likeness (QED) is 0.505. The van der Waals surface area contributed by atoms with E-state index in [-0.39, 0.29) is 0 Å². The van der Waals surface area contributed by atoms with Gasteiger partial charge in [0.2, 0.25) is 0 Å². The summed E-state index contributed by atoms with van der Waals surface area (Å²) >= 11 is 0. The van der Waals surface area contributed by atoms with E-state index in [0.717, 1.165) is 34.7 Å². The summed E-state index contributed by atoms with van der Waals surface area (Å²) in [6.07, 6.45) is 1.22. The number of hydrogen-bond acceptors (Lipinski definition) is 5. The van der Waals surface area contributed by atoms with Crippen LogP contribution in [0.3, 0.4) is 0 Å². The number of rotatable bonds is 8. The molecule has 29 heavy (non-hydrogen) atoms. The van der Waals surface area contributed by atoms with Crippen molar-refractivity contribution < 1.29 is 17.9 Å². The molecular formula is C21H29N3O4S. The largest absolute Gasteiger partial charge is 0.497 e. The molecule has 0 heterocycles. The zero-order valence-electron chi connectivity index (χ0n) is 17.6. The van der Waals surface area contributed by atoms with E-state index in [2.05, 4.69) is 15.6 Å². The van der Waals surface area contributed by atoms with E-state index in [0.29, 0.717) is 23.9 Å². The molecule has 0 aromatic heterocycles. The van der Waals surface area contributed by atoms with Crippen LogP contribution in [0.2, 0.25) is 0 Å². The van der Waals surface area contributed by atoms with Gasteiger partial charge in [-0.3, -0.25) is 0 Å². The maximum atomic E-state index is 11.8. The number of aryl methyl sites for hydroxylation is 1. The first-order valence-corrected chi connectivity index (χ1v) is 11.2. The minimum atomic E-state index is -3.22. The Hall–Kier alpha value is -2.74. The van der Waals surface area contributed by atoms with Crippen molar-refractivity contribution in [2.75, 3.05) is 27.0 Å². The van der Waals surface area contributed by atoms with Gasteiger partial charge in [-0.05, 0) is 43.2 Å². The van der Waals surface area contributed by atoms with Crippen LogP contribution in [0.5, 0.6) is 11.5 Å². The molecular weight excluding hydrogens is 390 g/mol. The Kier molecular flexibility index (Phi) is 7.90. The van der Waals surface area contributed by atoms with Gasteiger partial charge in [0.05, 0.1) is 25.7 Å². The molecule has 2 rings (SSSR count). The number of sulfone groups is 1. The molecule has 2 aromatic carbocycles. The molecule has 0 bridgehead atoms. The van der Waals surface area contributed by atoms with E-state index in [1.165, 1.54) is 6.26 Å². The summed E-state index contributed by atoms with van der Waals surface area (Å²) in [5.41, 5.74) is 2.64. The van der Waals surface area contributed by atoms with Gasteiger partial charge in [-0.2, -0.15) is 0 Å². The van der Waals surface area contributed by atoms with Crippen LogP contribution in [0, 0.1) is 6.92 Å². The zero-order valence-corrected chi connectivity index (χ0v) is 18.4. The SMILES string of the molecule is CCNC(=NCc1ccc(S(C)(=O)=O)c(C)c1)NCc1ccc(OC)cc1OC. The first-order valence-electron chi connectivity index (χ1n) is 9.31. The highest BCUT2D eigenvalue weighted by Crippen LogP contribution is 2.24. The van der Waals surface area contributed by atoms with Crippen LogP contribution < -0.4 is 20.1 Å². The lowest BCUT2D eigenvalue weighted by atomic mass is 10.1. The van der Waals surface area contributed by atoms with Crippen LogP contribution in [0.4, 0.5) is 0 Å². The number of benzene rings is 2. The van der Waals surface area contributed by atoms with Crippen molar-refractivity contribution in [3.63, 3.8) is 0 Å². The Morgan fingerprint density at radius 1 is 1.07 bits per heavy atom. The van der Waals surface area contributed by atoms with E-state index >= 15 is 0 Å². The van der Waals surface area contributed by atoms with Crippen molar-refractivity contribution in [3.8, 4) is 11.5 Å². The normalized spacial score (nSPS) is 11.8. The fourth-order valence-electron chi connectivity index (χ4n) is 2.91. The molecule has 0 saturated carbocycles. The van der Waals surface area contributed by atoms with Gasteiger partial charge in [-0.1, -0.05) is 12.1 Å². The standard InChI is InChI=1S/C21H29N3O4S/c1-6-22-21(24-14-17-8-9-18(27-3)12-19(17)28-4)23-13-16-7-10-20(15(2)11-16)29(5,25)26/h7-12H,6,13-14H2,1-5H3,(H2,22,23,24). The third-order valence-electron chi connectivity index (χ3n) is 4.34. The molecule has 158 valence electrons. The van der Waals surface area contributed by atoms with Crippen molar-refractivity contribution >= 4 is 15.8 Å². The molecule has 0 aliphatic heterocycles. The summed E-state index contributed by atoms with van der Waals surface area (Å²) in [6.45, 7) is 5.47. The van der Waals surface area contributed by atoms with Gasteiger partial charge in [-0.25, -0.2) is 13.4 Å². The van der Waals surface area contributed by atoms with E-state index in [9.17, 15) is 8.42 Å². The molecule has 0 radical (unpaired) electrons. The van der Waals surface area contributed by atoms with Crippen molar-refractivity contribution in [3.05, 3.63) is 53.1 Å². The third-order valence-corrected chi connectivity index (χ3v) is 5.60. The summed E-state index contributed by atoms with van der Waals surface area (Å²) < 4.78 is 34.2. The molecule has 0 amide bonds. The molecule has 7 nitrogen and oxygen atoms in total. The highest BCUT2D eigenvalue weighted by atomic mass is 32.2. The zero-order chi connectivity index (χ0) is 21.4. The highest BCUT2D eigenvalue weighted by Gasteiger charge is 2.11. The van der Waals surface area contributed by atoms with Crippen molar-refractivity contribution in [2.45, 2.75) is 31.8 Å². The lowest BCUT2D eigenvalue weighted by molar-refractivity contribution is 0.390. The van der Waals surface area contributed by atoms with Crippen LogP contribution in [-0.2, 0) is 22.9 Å². The first-order chi connectivity index (χ1) is 13.8. The van der Waals surface area contributed by atoms with Crippen molar-refractivity contribution in [1.29, 1.82) is 0 Å². The predicted octanol–water partition coefficient (Wildman–Crippen LogP) is 2.67. The van der Waals surface area contributed by atoms with E-state index in [1.807, 2.05) is 31.2 Å². The first kappa shape index (κ1) is 22.5. The second-order valence-electron chi connectivity index (χ2n) is 6.60. The molecule has 0 unspecified atom stereocenters. The van der Waals surface area contributed by atoms with E-state index < -0.39 is 9.84 Å². The van der Waals surface area contributed by atoms with E-state index in [1.54, 1.807) is 33.3 Å². The van der Waals surface area contributed by atoms with Crippen molar-refractivity contribution in [2.24, 2.45) is 4.99 Å². The average Bonchev–Trinajstić information content (AvgIpc) is 2.69. The van der Waals surface area contributed by atoms with Gasteiger partial charge in [0, 0.05) is 31.0 Å². The monoisotopic (exact) mass is 419 g/mol. The second-order valence-corrected chi connectivity index (χ2v) is 8.58. The fourth-order valence-corrected chi connectivity index (χ4v) is 3.87. The topological polar surface area (TPSA) is 89.0 Å². The summed E-state index contributed by atoms with van der Waals surface area (Å²) in [6, 6.07) is 11.0. The van der Waals surface area contributed by atoms with Crippen molar-refractivity contribution in [1.82, 2.24) is 10.6 Å². The lowest BCUT2D eigenvalue weighted by Gasteiger charge is -2.14. The number of methoxy groups -OCH3 is 2. The maximum absolute atomic E-state index is 11.8. The van der Waals surface area contributed by atoms with Gasteiger partial charge < -0.3 is 20.1 Å². The van der Waals surface area contributed by atoms with Crippen LogP contribution in [0.15, 0.2) is 46.3 Å². The second kappa shape index (κ2) is 10.2. The number of hydrogen-bond donors (Lipinski definition) is 2. The summed E-state index contributed by atoms with van der Waals surface area (Å²) in [7, 11) is 0.0205. The van der Waals surface area contributed by atoms with Gasteiger partial charge in [-0.15, -0.1) is 0 Å². The molecule has 0 aliphatic rings. The Morgan fingerprint density at radius 3 is 2.41 bits per heavy atom. The molecule has 8 heteroatoms.